The second-order valence-electron chi connectivity index (χ2n) is 4.83. The third kappa shape index (κ3) is 2.64. The molecule has 18 heavy (non-hydrogen) atoms. The molecule has 1 aliphatic carbocycles. The van der Waals surface area contributed by atoms with Crippen molar-refractivity contribution in [3.63, 3.8) is 0 Å². The first kappa shape index (κ1) is 13.3. The van der Waals surface area contributed by atoms with Gasteiger partial charge in [-0.2, -0.15) is 0 Å². The van der Waals surface area contributed by atoms with E-state index in [1.54, 1.807) is 6.26 Å². The largest absolute Gasteiger partial charge is 0.354 e. The lowest BCUT2D eigenvalue weighted by atomic mass is 9.64. The van der Waals surface area contributed by atoms with Crippen LogP contribution < -0.4 is 5.32 Å². The third-order valence-electron chi connectivity index (χ3n) is 3.64. The molecule has 98 valence electrons. The predicted octanol–water partition coefficient (Wildman–Crippen LogP) is 1.60. The van der Waals surface area contributed by atoms with Crippen molar-refractivity contribution >= 4 is 16.7 Å². The Kier molecular flexibility index (Phi) is 4.17. The predicted molar refractivity (Wildman–Crippen MR) is 73.9 cm³/mol. The zero-order chi connectivity index (χ0) is 13.0. The van der Waals surface area contributed by atoms with Crippen LogP contribution in [0.1, 0.15) is 24.8 Å². The molecule has 0 spiro atoms. The van der Waals surface area contributed by atoms with E-state index in [-0.39, 0.29) is 11.3 Å². The summed E-state index contributed by atoms with van der Waals surface area (Å²) < 4.78 is 11.0. The second kappa shape index (κ2) is 5.65. The zero-order valence-corrected chi connectivity index (χ0v) is 11.5. The maximum Gasteiger partial charge on any atom is 0.230 e. The first-order valence-corrected chi connectivity index (χ1v) is 8.02. The Morgan fingerprint density at radius 3 is 2.50 bits per heavy atom. The van der Waals surface area contributed by atoms with Gasteiger partial charge in [-0.05, 0) is 18.4 Å². The van der Waals surface area contributed by atoms with Crippen LogP contribution >= 0.6 is 0 Å². The SMILES string of the molecule is C[S@](=O)CCNC(=O)C1(c2ccccc2)CCC1. The number of carbonyl (C=O) groups excluding carboxylic acids is 1. The summed E-state index contributed by atoms with van der Waals surface area (Å²) >= 11 is 0. The maximum absolute atomic E-state index is 12.3. The minimum atomic E-state index is -0.852. The number of benzene rings is 1. The van der Waals surface area contributed by atoms with Gasteiger partial charge in [0.2, 0.25) is 5.91 Å². The molecule has 1 atom stereocenters. The molecular weight excluding hydrogens is 246 g/mol. The van der Waals surface area contributed by atoms with E-state index in [1.807, 2.05) is 30.3 Å². The summed E-state index contributed by atoms with van der Waals surface area (Å²) in [6.07, 6.45) is 4.58. The van der Waals surface area contributed by atoms with Crippen LogP contribution in [-0.4, -0.2) is 28.7 Å². The number of carbonyl (C=O) groups is 1. The van der Waals surface area contributed by atoms with Gasteiger partial charge in [0.1, 0.15) is 0 Å². The Bertz CT molecular complexity index is 440. The summed E-state index contributed by atoms with van der Waals surface area (Å²) in [5.74, 6) is 0.613. The number of nitrogens with one attached hydrogen (secondary N) is 1. The minimum absolute atomic E-state index is 0.0883. The van der Waals surface area contributed by atoms with E-state index >= 15 is 0 Å². The molecule has 0 radical (unpaired) electrons. The van der Waals surface area contributed by atoms with Gasteiger partial charge in [0.05, 0.1) is 5.41 Å². The molecule has 0 saturated heterocycles. The van der Waals surface area contributed by atoms with Gasteiger partial charge in [0.15, 0.2) is 0 Å². The van der Waals surface area contributed by atoms with Crippen LogP contribution in [0.15, 0.2) is 30.3 Å². The standard InChI is InChI=1S/C14H19NO2S/c1-18(17)11-10-15-13(16)14(8-5-9-14)12-6-3-2-4-7-12/h2-4,6-7H,5,8-11H2,1H3,(H,15,16)/t18-/m0/s1. The molecule has 0 heterocycles. The fourth-order valence-corrected chi connectivity index (χ4v) is 2.80. The molecule has 0 unspecified atom stereocenters. The highest BCUT2D eigenvalue weighted by Crippen LogP contribution is 2.43. The first-order chi connectivity index (χ1) is 8.65. The smallest absolute Gasteiger partial charge is 0.230 e. The Morgan fingerprint density at radius 1 is 1.33 bits per heavy atom. The fraction of sp³-hybridized carbons (Fsp3) is 0.500. The van der Waals surface area contributed by atoms with E-state index in [0.29, 0.717) is 12.3 Å². The molecule has 3 nitrogen and oxygen atoms in total. The fourth-order valence-electron chi connectivity index (χ4n) is 2.41. The van der Waals surface area contributed by atoms with Crippen LogP contribution in [0, 0.1) is 0 Å². The van der Waals surface area contributed by atoms with E-state index in [2.05, 4.69) is 5.32 Å². The Morgan fingerprint density at radius 2 is 2.00 bits per heavy atom. The van der Waals surface area contributed by atoms with Crippen molar-refractivity contribution in [2.24, 2.45) is 0 Å². The summed E-state index contributed by atoms with van der Waals surface area (Å²) in [6, 6.07) is 9.97. The lowest BCUT2D eigenvalue weighted by Gasteiger charge is -2.40. The third-order valence-corrected chi connectivity index (χ3v) is 4.42. The maximum atomic E-state index is 12.3. The van der Waals surface area contributed by atoms with Crippen molar-refractivity contribution in [3.8, 4) is 0 Å². The van der Waals surface area contributed by atoms with Crippen molar-refractivity contribution in [3.05, 3.63) is 35.9 Å². The van der Waals surface area contributed by atoms with Crippen molar-refractivity contribution < 1.29 is 9.00 Å². The van der Waals surface area contributed by atoms with Crippen molar-refractivity contribution in [1.29, 1.82) is 0 Å². The minimum Gasteiger partial charge on any atom is -0.354 e. The monoisotopic (exact) mass is 265 g/mol. The van der Waals surface area contributed by atoms with Gasteiger partial charge >= 0.3 is 0 Å². The van der Waals surface area contributed by atoms with Gasteiger partial charge in [-0.15, -0.1) is 0 Å². The van der Waals surface area contributed by atoms with E-state index in [9.17, 15) is 9.00 Å². The van der Waals surface area contributed by atoms with Crippen LogP contribution in [0.3, 0.4) is 0 Å². The molecule has 1 aromatic rings. The van der Waals surface area contributed by atoms with E-state index in [0.717, 1.165) is 24.8 Å². The molecule has 1 N–H and O–H groups in total. The molecule has 1 aliphatic rings. The van der Waals surface area contributed by atoms with Crippen LogP contribution in [-0.2, 0) is 21.0 Å². The molecular formula is C14H19NO2S. The Hall–Kier alpha value is -1.16. The van der Waals surface area contributed by atoms with Crippen molar-refractivity contribution in [2.45, 2.75) is 24.7 Å². The van der Waals surface area contributed by atoms with Crippen LogP contribution in [0.4, 0.5) is 0 Å². The van der Waals surface area contributed by atoms with Crippen LogP contribution in [0.2, 0.25) is 0 Å². The number of rotatable bonds is 5. The molecule has 1 amide bonds. The highest BCUT2D eigenvalue weighted by atomic mass is 32.2. The number of hydrogen-bond acceptors (Lipinski definition) is 2. The normalized spacial score (nSPS) is 18.7. The van der Waals surface area contributed by atoms with E-state index < -0.39 is 10.8 Å². The summed E-state index contributed by atoms with van der Waals surface area (Å²) in [4.78, 5) is 12.3. The molecule has 1 aromatic carbocycles. The zero-order valence-electron chi connectivity index (χ0n) is 10.6. The average Bonchev–Trinajstić information content (AvgIpc) is 2.28. The number of amides is 1. The molecule has 0 aromatic heterocycles. The molecule has 1 saturated carbocycles. The summed E-state index contributed by atoms with van der Waals surface area (Å²) in [5.41, 5.74) is 0.766. The van der Waals surface area contributed by atoms with E-state index in [1.165, 1.54) is 0 Å². The first-order valence-electron chi connectivity index (χ1n) is 6.29. The lowest BCUT2D eigenvalue weighted by Crippen LogP contribution is -2.49. The summed E-state index contributed by atoms with van der Waals surface area (Å²) in [7, 11) is -0.852. The average molecular weight is 265 g/mol. The highest BCUT2D eigenvalue weighted by Gasteiger charge is 2.45. The molecule has 0 bridgehead atoms. The van der Waals surface area contributed by atoms with Gasteiger partial charge in [0, 0.05) is 29.4 Å². The molecule has 1 fully saturated rings. The van der Waals surface area contributed by atoms with Gasteiger partial charge in [-0.25, -0.2) is 0 Å². The van der Waals surface area contributed by atoms with Gasteiger partial charge in [-0.3, -0.25) is 9.00 Å². The second-order valence-corrected chi connectivity index (χ2v) is 6.39. The lowest BCUT2D eigenvalue weighted by molar-refractivity contribution is -0.129. The highest BCUT2D eigenvalue weighted by molar-refractivity contribution is 7.84. The van der Waals surface area contributed by atoms with Crippen LogP contribution in [0.25, 0.3) is 0 Å². The van der Waals surface area contributed by atoms with E-state index in [4.69, 9.17) is 0 Å². The Balaban J connectivity index is 2.04. The molecule has 2 rings (SSSR count). The van der Waals surface area contributed by atoms with Crippen molar-refractivity contribution in [2.75, 3.05) is 18.6 Å². The number of hydrogen-bond donors (Lipinski definition) is 1. The van der Waals surface area contributed by atoms with Gasteiger partial charge in [0.25, 0.3) is 0 Å². The molecule has 4 heteroatoms. The topological polar surface area (TPSA) is 46.2 Å². The summed E-state index contributed by atoms with van der Waals surface area (Å²) in [5, 5.41) is 2.92. The Labute approximate surface area is 110 Å². The summed E-state index contributed by atoms with van der Waals surface area (Å²) in [6.45, 7) is 0.497. The van der Waals surface area contributed by atoms with Gasteiger partial charge < -0.3 is 5.32 Å². The van der Waals surface area contributed by atoms with Gasteiger partial charge in [-0.1, -0.05) is 36.8 Å². The van der Waals surface area contributed by atoms with Crippen molar-refractivity contribution in [1.82, 2.24) is 5.32 Å². The quantitative estimate of drug-likeness (QED) is 0.879. The molecule has 0 aliphatic heterocycles. The van der Waals surface area contributed by atoms with Crippen LogP contribution in [0.5, 0.6) is 0 Å².